The van der Waals surface area contributed by atoms with Crippen molar-refractivity contribution in [1.82, 2.24) is 0 Å². The van der Waals surface area contributed by atoms with Gasteiger partial charge in [-0.05, 0) is 34.4 Å². The molecule has 0 radical (unpaired) electrons. The van der Waals surface area contributed by atoms with E-state index in [0.29, 0.717) is 16.7 Å². The molecule has 2 atom stereocenters. The van der Waals surface area contributed by atoms with Gasteiger partial charge in [0.25, 0.3) is 0 Å². The van der Waals surface area contributed by atoms with E-state index in [-0.39, 0.29) is 0 Å². The molecule has 0 saturated carbocycles. The summed E-state index contributed by atoms with van der Waals surface area (Å²) in [7, 11) is 0. The molecule has 0 fully saturated rings. The van der Waals surface area contributed by atoms with Crippen molar-refractivity contribution < 1.29 is 30.3 Å². The first kappa shape index (κ1) is 19.6. The molecule has 2 unspecified atom stereocenters. The minimum absolute atomic E-state index is 0.498. The molecule has 2 aromatic carbocycles. The van der Waals surface area contributed by atoms with E-state index in [1.54, 1.807) is 48.5 Å². The van der Waals surface area contributed by atoms with Crippen molar-refractivity contribution in [2.24, 2.45) is 0 Å². The maximum absolute atomic E-state index is 10.5. The van der Waals surface area contributed by atoms with Gasteiger partial charge < -0.3 is 25.5 Å². The first-order chi connectivity index (χ1) is 12.4. The second-order valence-corrected chi connectivity index (χ2v) is 5.67. The average molecular weight is 356 g/mol. The SMILES string of the molecule is O=C(O)C=Cc1ccc(C(O)C(O)c2ccc(C=CC(O)O)cc2)cc1. The number of carboxylic acids is 1. The quantitative estimate of drug-likeness (QED) is 0.382. The number of aliphatic hydroxyl groups is 4. The molecule has 0 saturated heterocycles. The molecule has 2 rings (SSSR count). The van der Waals surface area contributed by atoms with Gasteiger partial charge in [0.15, 0.2) is 6.29 Å². The second-order valence-electron chi connectivity index (χ2n) is 5.67. The normalized spacial score (nSPS) is 14.2. The van der Waals surface area contributed by atoms with Crippen LogP contribution in [0.4, 0.5) is 0 Å². The third kappa shape index (κ3) is 5.65. The summed E-state index contributed by atoms with van der Waals surface area (Å²) >= 11 is 0. The van der Waals surface area contributed by atoms with Crippen LogP contribution in [0.3, 0.4) is 0 Å². The smallest absolute Gasteiger partial charge is 0.328 e. The van der Waals surface area contributed by atoms with Crippen LogP contribution in [0.15, 0.2) is 60.7 Å². The molecule has 0 aliphatic heterocycles. The lowest BCUT2D eigenvalue weighted by atomic mass is 9.96. The molecule has 5 N–H and O–H groups in total. The van der Waals surface area contributed by atoms with Gasteiger partial charge in [-0.15, -0.1) is 0 Å². The van der Waals surface area contributed by atoms with Gasteiger partial charge in [-0.2, -0.15) is 0 Å². The van der Waals surface area contributed by atoms with Crippen LogP contribution in [-0.4, -0.2) is 37.8 Å². The fourth-order valence-corrected chi connectivity index (χ4v) is 2.34. The summed E-state index contributed by atoms with van der Waals surface area (Å²) < 4.78 is 0. The van der Waals surface area contributed by atoms with Gasteiger partial charge in [0.1, 0.15) is 12.2 Å². The zero-order valence-electron chi connectivity index (χ0n) is 13.8. The predicted molar refractivity (Wildman–Crippen MR) is 96.7 cm³/mol. The van der Waals surface area contributed by atoms with Gasteiger partial charge in [0.2, 0.25) is 0 Å². The number of hydrogen-bond donors (Lipinski definition) is 5. The van der Waals surface area contributed by atoms with Crippen LogP contribution in [-0.2, 0) is 4.79 Å². The van der Waals surface area contributed by atoms with Crippen molar-refractivity contribution in [2.45, 2.75) is 18.5 Å². The van der Waals surface area contributed by atoms with E-state index in [9.17, 15) is 15.0 Å². The van der Waals surface area contributed by atoms with E-state index in [1.165, 1.54) is 18.2 Å². The molecule has 0 spiro atoms. The second kappa shape index (κ2) is 9.07. The van der Waals surface area contributed by atoms with Crippen molar-refractivity contribution in [2.75, 3.05) is 0 Å². The van der Waals surface area contributed by atoms with E-state index in [1.807, 2.05) is 0 Å². The van der Waals surface area contributed by atoms with E-state index >= 15 is 0 Å². The zero-order chi connectivity index (χ0) is 19.1. The minimum Gasteiger partial charge on any atom is -0.478 e. The van der Waals surface area contributed by atoms with Gasteiger partial charge in [0.05, 0.1) is 0 Å². The van der Waals surface area contributed by atoms with Crippen molar-refractivity contribution in [1.29, 1.82) is 0 Å². The van der Waals surface area contributed by atoms with Gasteiger partial charge in [-0.1, -0.05) is 54.6 Å². The summed E-state index contributed by atoms with van der Waals surface area (Å²) in [4.78, 5) is 10.5. The largest absolute Gasteiger partial charge is 0.478 e. The first-order valence-corrected chi connectivity index (χ1v) is 7.88. The van der Waals surface area contributed by atoms with E-state index in [0.717, 1.165) is 11.6 Å². The van der Waals surface area contributed by atoms with Crippen LogP contribution in [0.2, 0.25) is 0 Å². The Hall–Kier alpha value is -2.77. The lowest BCUT2D eigenvalue weighted by molar-refractivity contribution is -0.131. The monoisotopic (exact) mass is 356 g/mol. The molecule has 0 aliphatic rings. The molecule has 0 bridgehead atoms. The number of aliphatic hydroxyl groups excluding tert-OH is 3. The number of benzene rings is 2. The molecule has 6 heteroatoms. The Balaban J connectivity index is 2.08. The van der Waals surface area contributed by atoms with Gasteiger partial charge >= 0.3 is 5.97 Å². The lowest BCUT2D eigenvalue weighted by Gasteiger charge is -2.19. The van der Waals surface area contributed by atoms with Crippen LogP contribution in [0.1, 0.15) is 34.5 Å². The fourth-order valence-electron chi connectivity index (χ4n) is 2.34. The van der Waals surface area contributed by atoms with E-state index < -0.39 is 24.5 Å². The third-order valence-electron chi connectivity index (χ3n) is 3.73. The van der Waals surface area contributed by atoms with Crippen LogP contribution in [0, 0.1) is 0 Å². The fraction of sp³-hybridized carbons (Fsp3) is 0.150. The molecular formula is C20H20O6. The van der Waals surface area contributed by atoms with Crippen LogP contribution in [0.25, 0.3) is 12.2 Å². The van der Waals surface area contributed by atoms with Gasteiger partial charge in [0, 0.05) is 6.08 Å². The molecular weight excluding hydrogens is 336 g/mol. The van der Waals surface area contributed by atoms with Crippen molar-refractivity contribution in [3.8, 4) is 0 Å². The summed E-state index contributed by atoms with van der Waals surface area (Å²) in [5.41, 5.74) is 2.39. The van der Waals surface area contributed by atoms with Crippen molar-refractivity contribution >= 4 is 18.1 Å². The third-order valence-corrected chi connectivity index (χ3v) is 3.73. The highest BCUT2D eigenvalue weighted by atomic mass is 16.5. The van der Waals surface area contributed by atoms with E-state index in [2.05, 4.69) is 0 Å². The Morgan fingerprint density at radius 3 is 1.54 bits per heavy atom. The van der Waals surface area contributed by atoms with Crippen LogP contribution < -0.4 is 0 Å². The molecule has 0 heterocycles. The molecule has 0 aliphatic carbocycles. The zero-order valence-corrected chi connectivity index (χ0v) is 13.8. The maximum Gasteiger partial charge on any atom is 0.328 e. The molecule has 136 valence electrons. The number of aliphatic carboxylic acids is 1. The first-order valence-electron chi connectivity index (χ1n) is 7.88. The number of carbonyl (C=O) groups is 1. The summed E-state index contributed by atoms with van der Waals surface area (Å²) in [5, 5.41) is 46.9. The summed E-state index contributed by atoms with van der Waals surface area (Å²) in [6, 6.07) is 13.2. The predicted octanol–water partition coefficient (Wildman–Crippen LogP) is 1.88. The average Bonchev–Trinajstić information content (AvgIpc) is 2.64. The van der Waals surface area contributed by atoms with Gasteiger partial charge in [-0.25, -0.2) is 4.79 Å². The number of hydrogen-bond acceptors (Lipinski definition) is 5. The molecule has 0 amide bonds. The van der Waals surface area contributed by atoms with Crippen LogP contribution >= 0.6 is 0 Å². The molecule has 0 aromatic heterocycles. The van der Waals surface area contributed by atoms with Crippen molar-refractivity contribution in [3.05, 3.63) is 82.9 Å². The highest BCUT2D eigenvalue weighted by Gasteiger charge is 2.20. The Bertz CT molecular complexity index is 775. The van der Waals surface area contributed by atoms with E-state index in [4.69, 9.17) is 15.3 Å². The summed E-state index contributed by atoms with van der Waals surface area (Å²) in [5.74, 6) is -1.05. The molecule has 6 nitrogen and oxygen atoms in total. The number of rotatable bonds is 7. The highest BCUT2D eigenvalue weighted by Crippen LogP contribution is 2.29. The summed E-state index contributed by atoms with van der Waals surface area (Å²) in [6.45, 7) is 0. The highest BCUT2D eigenvalue weighted by molar-refractivity contribution is 5.85. The Morgan fingerprint density at radius 1 is 0.731 bits per heavy atom. The number of carboxylic acid groups (broad SMARTS) is 1. The van der Waals surface area contributed by atoms with Crippen LogP contribution in [0.5, 0.6) is 0 Å². The Labute approximate surface area is 150 Å². The van der Waals surface area contributed by atoms with Crippen molar-refractivity contribution in [3.63, 3.8) is 0 Å². The maximum atomic E-state index is 10.5. The Kier molecular flexibility index (Phi) is 6.82. The lowest BCUT2D eigenvalue weighted by Crippen LogP contribution is -2.10. The Morgan fingerprint density at radius 2 is 1.15 bits per heavy atom. The minimum atomic E-state index is -1.53. The van der Waals surface area contributed by atoms with Gasteiger partial charge in [-0.3, -0.25) is 0 Å². The topological polar surface area (TPSA) is 118 Å². The summed E-state index contributed by atoms with van der Waals surface area (Å²) in [6.07, 6.45) is 1.37. The molecule has 2 aromatic rings. The standard InChI is InChI=1S/C20H20O6/c21-17(22)11-5-13-1-7-15(8-2-13)19(25)20(26)16-9-3-14(4-10-16)6-12-18(23)24/h1-12,17,19-22,25-26H,(H,23,24). The molecule has 26 heavy (non-hydrogen) atoms.